The summed E-state index contributed by atoms with van der Waals surface area (Å²) in [6.45, 7) is 2.51. The van der Waals surface area contributed by atoms with Crippen LogP contribution in [0.3, 0.4) is 0 Å². The molecule has 2 aromatic rings. The van der Waals surface area contributed by atoms with Crippen LogP contribution >= 0.6 is 0 Å². The molecule has 21 heavy (non-hydrogen) atoms. The molecule has 1 aliphatic rings. The smallest absolute Gasteiger partial charge is 0.465 e. The van der Waals surface area contributed by atoms with E-state index in [2.05, 4.69) is 0 Å². The highest BCUT2D eigenvalue weighted by molar-refractivity contribution is 5.76. The zero-order chi connectivity index (χ0) is 15.0. The van der Waals surface area contributed by atoms with E-state index in [-0.39, 0.29) is 6.04 Å². The SMILES string of the molecule is CCCN(C(=O)O)C1CCc2c(ccc3oc(=O)oc23)C1. The normalized spacial score (nSPS) is 17.7. The van der Waals surface area contributed by atoms with E-state index in [1.165, 1.54) is 4.90 Å². The van der Waals surface area contributed by atoms with Crippen LogP contribution in [0.1, 0.15) is 30.9 Å². The van der Waals surface area contributed by atoms with Gasteiger partial charge in [-0.3, -0.25) is 0 Å². The number of hydrogen-bond acceptors (Lipinski definition) is 4. The Morgan fingerprint density at radius 2 is 2.24 bits per heavy atom. The lowest BCUT2D eigenvalue weighted by Crippen LogP contribution is -2.43. The molecule has 0 aliphatic heterocycles. The van der Waals surface area contributed by atoms with Gasteiger partial charge >= 0.3 is 11.9 Å². The van der Waals surface area contributed by atoms with Crippen molar-refractivity contribution in [3.63, 3.8) is 0 Å². The van der Waals surface area contributed by atoms with Gasteiger partial charge in [-0.15, -0.1) is 0 Å². The van der Waals surface area contributed by atoms with Gasteiger partial charge < -0.3 is 18.8 Å². The Morgan fingerprint density at radius 1 is 1.43 bits per heavy atom. The highest BCUT2D eigenvalue weighted by atomic mass is 16.6. The Hall–Kier alpha value is -2.24. The van der Waals surface area contributed by atoms with E-state index < -0.39 is 11.9 Å². The third-order valence-corrected chi connectivity index (χ3v) is 4.03. The number of carbonyl (C=O) groups is 1. The summed E-state index contributed by atoms with van der Waals surface area (Å²) in [4.78, 5) is 24.1. The van der Waals surface area contributed by atoms with Crippen LogP contribution in [0.25, 0.3) is 11.2 Å². The van der Waals surface area contributed by atoms with E-state index >= 15 is 0 Å². The second-order valence-electron chi connectivity index (χ2n) is 5.36. The van der Waals surface area contributed by atoms with Crippen molar-refractivity contribution < 1.29 is 18.7 Å². The Balaban J connectivity index is 1.93. The molecule has 0 spiro atoms. The van der Waals surface area contributed by atoms with Crippen molar-refractivity contribution in [1.82, 2.24) is 4.90 Å². The molecule has 1 aromatic heterocycles. The summed E-state index contributed by atoms with van der Waals surface area (Å²) in [5.74, 6) is -0.696. The van der Waals surface area contributed by atoms with Gasteiger partial charge in [-0.05, 0) is 37.3 Å². The average Bonchev–Trinajstić information content (AvgIpc) is 2.84. The standard InChI is InChI=1S/C15H17NO5/c1-2-7-16(14(17)18)10-4-5-11-9(8-10)3-6-12-13(11)21-15(19)20-12/h3,6,10H,2,4-5,7-8H2,1H3,(H,17,18). The molecule has 0 saturated carbocycles. The third kappa shape index (κ3) is 2.41. The minimum absolute atomic E-state index is 0.0222. The van der Waals surface area contributed by atoms with Crippen LogP contribution in [-0.2, 0) is 12.8 Å². The lowest BCUT2D eigenvalue weighted by Gasteiger charge is -2.33. The first-order chi connectivity index (χ1) is 10.1. The molecule has 112 valence electrons. The van der Waals surface area contributed by atoms with Gasteiger partial charge in [-0.2, -0.15) is 0 Å². The molecule has 3 rings (SSSR count). The van der Waals surface area contributed by atoms with Crippen molar-refractivity contribution in [3.8, 4) is 0 Å². The summed E-state index contributed by atoms with van der Waals surface area (Å²) >= 11 is 0. The summed E-state index contributed by atoms with van der Waals surface area (Å²) in [7, 11) is 0. The van der Waals surface area contributed by atoms with Crippen LogP contribution in [0.2, 0.25) is 0 Å². The second-order valence-corrected chi connectivity index (χ2v) is 5.36. The summed E-state index contributed by atoms with van der Waals surface area (Å²) in [6.07, 6.45) is 1.99. The first-order valence-corrected chi connectivity index (χ1v) is 7.14. The van der Waals surface area contributed by atoms with E-state index in [1.54, 1.807) is 6.07 Å². The summed E-state index contributed by atoms with van der Waals surface area (Å²) in [6, 6.07) is 3.59. The molecule has 0 radical (unpaired) electrons. The lowest BCUT2D eigenvalue weighted by molar-refractivity contribution is 0.119. The number of aryl methyl sites for hydroxylation is 1. The maximum absolute atomic E-state index is 11.4. The summed E-state index contributed by atoms with van der Waals surface area (Å²) in [5.41, 5.74) is 2.97. The van der Waals surface area contributed by atoms with Crippen LogP contribution in [0.15, 0.2) is 25.8 Å². The van der Waals surface area contributed by atoms with Gasteiger partial charge in [0.05, 0.1) is 0 Å². The Bertz CT molecular complexity index is 729. The predicted octanol–water partition coefficient (Wildman–Crippen LogP) is 2.63. The zero-order valence-corrected chi connectivity index (χ0v) is 11.8. The fourth-order valence-electron chi connectivity index (χ4n) is 3.11. The van der Waals surface area contributed by atoms with Crippen molar-refractivity contribution in [3.05, 3.63) is 33.9 Å². The number of benzene rings is 1. The van der Waals surface area contributed by atoms with Crippen LogP contribution < -0.4 is 5.82 Å². The van der Waals surface area contributed by atoms with Crippen LogP contribution in [0.4, 0.5) is 4.79 Å². The van der Waals surface area contributed by atoms with Crippen LogP contribution in [-0.4, -0.2) is 28.7 Å². The van der Waals surface area contributed by atoms with E-state index in [0.29, 0.717) is 30.6 Å². The molecule has 0 saturated heterocycles. The number of amides is 1. The van der Waals surface area contributed by atoms with E-state index in [9.17, 15) is 14.7 Å². The number of nitrogens with zero attached hydrogens (tertiary/aromatic N) is 1. The molecule has 1 heterocycles. The van der Waals surface area contributed by atoms with Crippen LogP contribution in [0.5, 0.6) is 0 Å². The van der Waals surface area contributed by atoms with Crippen LogP contribution in [0, 0.1) is 0 Å². The molecular formula is C15H17NO5. The zero-order valence-electron chi connectivity index (χ0n) is 11.8. The molecule has 1 amide bonds. The molecule has 1 aliphatic carbocycles. The topological polar surface area (TPSA) is 83.9 Å². The Labute approximate surface area is 121 Å². The predicted molar refractivity (Wildman–Crippen MR) is 75.6 cm³/mol. The van der Waals surface area contributed by atoms with Gasteiger partial charge in [0.25, 0.3) is 0 Å². The average molecular weight is 291 g/mol. The minimum Gasteiger partial charge on any atom is -0.465 e. The number of hydrogen-bond donors (Lipinski definition) is 1. The molecule has 0 bridgehead atoms. The highest BCUT2D eigenvalue weighted by Gasteiger charge is 2.29. The fraction of sp³-hybridized carbons (Fsp3) is 0.467. The van der Waals surface area contributed by atoms with Gasteiger partial charge in [0.2, 0.25) is 0 Å². The quantitative estimate of drug-likeness (QED) is 0.939. The first kappa shape index (κ1) is 13.7. The van der Waals surface area contributed by atoms with Gasteiger partial charge in [-0.1, -0.05) is 13.0 Å². The Morgan fingerprint density at radius 3 is 2.95 bits per heavy atom. The largest absolute Gasteiger partial charge is 0.519 e. The fourth-order valence-corrected chi connectivity index (χ4v) is 3.11. The molecule has 6 nitrogen and oxygen atoms in total. The number of rotatable bonds is 3. The van der Waals surface area contributed by atoms with E-state index in [1.807, 2.05) is 13.0 Å². The van der Waals surface area contributed by atoms with Crippen molar-refractivity contribution in [2.75, 3.05) is 6.54 Å². The first-order valence-electron chi connectivity index (χ1n) is 7.14. The lowest BCUT2D eigenvalue weighted by atomic mass is 9.87. The Kier molecular flexibility index (Phi) is 3.45. The van der Waals surface area contributed by atoms with Gasteiger partial charge in [0.1, 0.15) is 0 Å². The maximum atomic E-state index is 11.4. The van der Waals surface area contributed by atoms with Crippen molar-refractivity contribution in [2.24, 2.45) is 0 Å². The van der Waals surface area contributed by atoms with Gasteiger partial charge in [-0.25, -0.2) is 9.59 Å². The second kappa shape index (κ2) is 5.27. The molecule has 1 aromatic carbocycles. The monoisotopic (exact) mass is 291 g/mol. The molecule has 1 unspecified atom stereocenters. The van der Waals surface area contributed by atoms with Crippen molar-refractivity contribution in [2.45, 2.75) is 38.6 Å². The van der Waals surface area contributed by atoms with Crippen molar-refractivity contribution in [1.29, 1.82) is 0 Å². The third-order valence-electron chi connectivity index (χ3n) is 4.03. The molecular weight excluding hydrogens is 274 g/mol. The summed E-state index contributed by atoms with van der Waals surface area (Å²) < 4.78 is 10.1. The maximum Gasteiger partial charge on any atom is 0.519 e. The van der Waals surface area contributed by atoms with Gasteiger partial charge in [0, 0.05) is 18.2 Å². The number of carboxylic acid groups (broad SMARTS) is 1. The van der Waals surface area contributed by atoms with Gasteiger partial charge in [0.15, 0.2) is 11.2 Å². The number of fused-ring (bicyclic) bond motifs is 3. The highest BCUT2D eigenvalue weighted by Crippen LogP contribution is 2.30. The molecule has 0 fully saturated rings. The van der Waals surface area contributed by atoms with E-state index in [4.69, 9.17) is 8.83 Å². The molecule has 1 N–H and O–H groups in total. The van der Waals surface area contributed by atoms with E-state index in [0.717, 1.165) is 24.0 Å². The molecule has 1 atom stereocenters. The minimum atomic E-state index is -0.874. The van der Waals surface area contributed by atoms with Crippen molar-refractivity contribution >= 4 is 17.3 Å². The molecule has 6 heteroatoms. The summed E-state index contributed by atoms with van der Waals surface area (Å²) in [5, 5.41) is 9.33.